The molecular weight excluding hydrogens is 273 g/mol. The number of hydrogen-bond donors (Lipinski definition) is 3. The molecule has 0 fully saturated rings. The summed E-state index contributed by atoms with van der Waals surface area (Å²) in [4.78, 5) is 22.3. The summed E-state index contributed by atoms with van der Waals surface area (Å²) < 4.78 is 13.8. The molecule has 0 aromatic heterocycles. The first-order valence-corrected chi connectivity index (χ1v) is 6.91. The number of nitrogens with two attached hydrogens (primary N) is 2. The molecule has 2 amide bonds. The van der Waals surface area contributed by atoms with Crippen LogP contribution in [0.4, 0.5) is 4.39 Å². The van der Waals surface area contributed by atoms with E-state index in [1.54, 1.807) is 12.1 Å². The number of carbonyl (C=O) groups is 2. The first-order chi connectivity index (χ1) is 9.81. The lowest BCUT2D eigenvalue weighted by Crippen LogP contribution is -2.40. The van der Waals surface area contributed by atoms with Gasteiger partial charge in [0.25, 0.3) is 0 Å². The second-order valence-corrected chi connectivity index (χ2v) is 5.34. The van der Waals surface area contributed by atoms with Crippen LogP contribution in [0.1, 0.15) is 43.7 Å². The first kappa shape index (κ1) is 17.1. The van der Waals surface area contributed by atoms with Crippen molar-refractivity contribution in [3.05, 3.63) is 35.1 Å². The van der Waals surface area contributed by atoms with Gasteiger partial charge >= 0.3 is 0 Å². The van der Waals surface area contributed by atoms with Crippen LogP contribution in [-0.4, -0.2) is 17.9 Å². The Morgan fingerprint density at radius 1 is 1.33 bits per heavy atom. The van der Waals surface area contributed by atoms with Crippen LogP contribution in [0.25, 0.3) is 0 Å². The summed E-state index contributed by atoms with van der Waals surface area (Å²) in [5.41, 5.74) is 11.9. The van der Waals surface area contributed by atoms with E-state index < -0.39 is 11.9 Å². The average molecular weight is 295 g/mol. The fourth-order valence-corrected chi connectivity index (χ4v) is 1.90. The van der Waals surface area contributed by atoms with Gasteiger partial charge in [-0.2, -0.15) is 0 Å². The van der Waals surface area contributed by atoms with Gasteiger partial charge in [0.1, 0.15) is 5.82 Å². The van der Waals surface area contributed by atoms with Crippen LogP contribution in [0.5, 0.6) is 0 Å². The van der Waals surface area contributed by atoms with Crippen molar-refractivity contribution in [1.29, 1.82) is 0 Å². The predicted molar refractivity (Wildman–Crippen MR) is 78.7 cm³/mol. The summed E-state index contributed by atoms with van der Waals surface area (Å²) in [5.74, 6) is -1.06. The molecule has 5 N–H and O–H groups in total. The summed E-state index contributed by atoms with van der Waals surface area (Å²) in [5, 5.41) is 2.62. The van der Waals surface area contributed by atoms with Crippen LogP contribution in [0.15, 0.2) is 18.2 Å². The third-order valence-electron chi connectivity index (χ3n) is 3.19. The van der Waals surface area contributed by atoms with Gasteiger partial charge in [-0.3, -0.25) is 9.59 Å². The van der Waals surface area contributed by atoms with E-state index in [4.69, 9.17) is 11.5 Å². The Morgan fingerprint density at radius 3 is 2.52 bits per heavy atom. The molecule has 0 bridgehead atoms. The van der Waals surface area contributed by atoms with Gasteiger partial charge in [0.05, 0.1) is 6.04 Å². The third-order valence-corrected chi connectivity index (χ3v) is 3.19. The quantitative estimate of drug-likeness (QED) is 0.704. The minimum atomic E-state index is -0.794. The van der Waals surface area contributed by atoms with Crippen molar-refractivity contribution in [2.45, 2.75) is 45.2 Å². The lowest BCUT2D eigenvalue weighted by Gasteiger charge is -2.13. The molecule has 5 nitrogen and oxygen atoms in total. The van der Waals surface area contributed by atoms with E-state index in [0.717, 1.165) is 0 Å². The first-order valence-electron chi connectivity index (χ1n) is 6.91. The van der Waals surface area contributed by atoms with E-state index in [2.05, 4.69) is 5.32 Å². The van der Waals surface area contributed by atoms with Crippen molar-refractivity contribution < 1.29 is 14.0 Å². The molecule has 1 aromatic carbocycles. The Labute approximate surface area is 123 Å². The van der Waals surface area contributed by atoms with Crippen LogP contribution in [-0.2, 0) is 16.1 Å². The highest BCUT2D eigenvalue weighted by molar-refractivity contribution is 5.82. The molecule has 0 aliphatic carbocycles. The highest BCUT2D eigenvalue weighted by Crippen LogP contribution is 2.19. The molecule has 1 rings (SSSR count). The van der Waals surface area contributed by atoms with E-state index in [-0.39, 0.29) is 37.0 Å². The number of hydrogen-bond acceptors (Lipinski definition) is 3. The molecule has 0 heterocycles. The third kappa shape index (κ3) is 5.51. The second kappa shape index (κ2) is 7.73. The van der Waals surface area contributed by atoms with E-state index in [1.165, 1.54) is 6.07 Å². The highest BCUT2D eigenvalue weighted by atomic mass is 19.1. The van der Waals surface area contributed by atoms with Gasteiger partial charge in [0, 0.05) is 13.0 Å². The van der Waals surface area contributed by atoms with E-state index in [9.17, 15) is 14.0 Å². The van der Waals surface area contributed by atoms with Gasteiger partial charge in [0.2, 0.25) is 11.8 Å². The Morgan fingerprint density at radius 2 is 2.00 bits per heavy atom. The topological polar surface area (TPSA) is 98.2 Å². The molecule has 0 saturated carbocycles. The van der Waals surface area contributed by atoms with E-state index >= 15 is 0 Å². The van der Waals surface area contributed by atoms with Crippen LogP contribution in [0, 0.1) is 5.82 Å². The summed E-state index contributed by atoms with van der Waals surface area (Å²) in [6.07, 6.45) is 0.258. The molecule has 0 radical (unpaired) electrons. The number of primary amides is 1. The van der Waals surface area contributed by atoms with Gasteiger partial charge < -0.3 is 16.8 Å². The maximum atomic E-state index is 13.8. The van der Waals surface area contributed by atoms with Crippen LogP contribution >= 0.6 is 0 Å². The number of carbonyl (C=O) groups excluding carboxylic acids is 2. The maximum Gasteiger partial charge on any atom is 0.237 e. The SMILES string of the molecule is CC(C)c1ccc(CNC(=O)C(N)CCC(N)=O)cc1F. The average Bonchev–Trinajstić information content (AvgIpc) is 2.41. The van der Waals surface area contributed by atoms with Crippen molar-refractivity contribution >= 4 is 11.8 Å². The van der Waals surface area contributed by atoms with Gasteiger partial charge in [-0.05, 0) is 29.5 Å². The summed E-state index contributed by atoms with van der Waals surface area (Å²) in [6, 6.07) is 4.10. The van der Waals surface area contributed by atoms with E-state index in [0.29, 0.717) is 11.1 Å². The molecule has 1 atom stereocenters. The normalized spacial score (nSPS) is 12.2. The highest BCUT2D eigenvalue weighted by Gasteiger charge is 2.14. The molecule has 21 heavy (non-hydrogen) atoms. The largest absolute Gasteiger partial charge is 0.370 e. The molecule has 1 unspecified atom stereocenters. The molecule has 6 heteroatoms. The van der Waals surface area contributed by atoms with Crippen molar-refractivity contribution in [2.24, 2.45) is 11.5 Å². The standard InChI is InChI=1S/C15H22FN3O2/c1-9(2)11-4-3-10(7-12(11)16)8-19-15(21)13(17)5-6-14(18)20/h3-4,7,9,13H,5-6,8,17H2,1-2H3,(H2,18,20)(H,19,21). The Hall–Kier alpha value is -1.95. The molecule has 0 saturated heterocycles. The van der Waals surface area contributed by atoms with Gasteiger partial charge in [-0.25, -0.2) is 4.39 Å². The summed E-state index contributed by atoms with van der Waals surface area (Å²) in [6.45, 7) is 4.02. The van der Waals surface area contributed by atoms with Crippen LogP contribution in [0.3, 0.4) is 0 Å². The molecule has 0 spiro atoms. The molecule has 0 aliphatic rings. The second-order valence-electron chi connectivity index (χ2n) is 5.34. The predicted octanol–water partition coefficient (Wildman–Crippen LogP) is 1.16. The van der Waals surface area contributed by atoms with Gasteiger partial charge in [-0.15, -0.1) is 0 Å². The number of halogens is 1. The number of amides is 2. The monoisotopic (exact) mass is 295 g/mol. The number of nitrogens with one attached hydrogen (secondary N) is 1. The van der Waals surface area contributed by atoms with Crippen molar-refractivity contribution in [1.82, 2.24) is 5.32 Å². The Kier molecular flexibility index (Phi) is 6.30. The van der Waals surface area contributed by atoms with Gasteiger partial charge in [0.15, 0.2) is 0 Å². The zero-order valence-corrected chi connectivity index (χ0v) is 12.4. The smallest absolute Gasteiger partial charge is 0.237 e. The van der Waals surface area contributed by atoms with Crippen molar-refractivity contribution in [3.63, 3.8) is 0 Å². The van der Waals surface area contributed by atoms with Crippen LogP contribution < -0.4 is 16.8 Å². The summed E-state index contributed by atoms with van der Waals surface area (Å²) in [7, 11) is 0. The zero-order chi connectivity index (χ0) is 16.0. The molecular formula is C15H22FN3O2. The lowest BCUT2D eigenvalue weighted by molar-refractivity contribution is -0.123. The number of benzene rings is 1. The van der Waals surface area contributed by atoms with Crippen molar-refractivity contribution in [2.75, 3.05) is 0 Å². The zero-order valence-electron chi connectivity index (χ0n) is 12.4. The minimum absolute atomic E-state index is 0.0618. The minimum Gasteiger partial charge on any atom is -0.370 e. The Balaban J connectivity index is 2.53. The number of rotatable bonds is 7. The molecule has 1 aromatic rings. The fourth-order valence-electron chi connectivity index (χ4n) is 1.90. The maximum absolute atomic E-state index is 13.8. The Bertz CT molecular complexity index is 518. The molecule has 116 valence electrons. The van der Waals surface area contributed by atoms with Gasteiger partial charge in [-0.1, -0.05) is 26.0 Å². The van der Waals surface area contributed by atoms with Crippen molar-refractivity contribution in [3.8, 4) is 0 Å². The van der Waals surface area contributed by atoms with E-state index in [1.807, 2.05) is 13.8 Å². The van der Waals surface area contributed by atoms with Crippen LogP contribution in [0.2, 0.25) is 0 Å². The lowest BCUT2D eigenvalue weighted by atomic mass is 10.0. The fraction of sp³-hybridized carbons (Fsp3) is 0.467. The molecule has 0 aliphatic heterocycles. The summed E-state index contributed by atoms with van der Waals surface area (Å²) >= 11 is 0.